The summed E-state index contributed by atoms with van der Waals surface area (Å²) in [6.45, 7) is 0. The summed E-state index contributed by atoms with van der Waals surface area (Å²) in [4.78, 5) is 8.96. The first-order chi connectivity index (χ1) is 13.2. The summed E-state index contributed by atoms with van der Waals surface area (Å²) in [6, 6.07) is 21.0. The van der Waals surface area contributed by atoms with Gasteiger partial charge in [0.15, 0.2) is 5.96 Å². The number of aliphatic imine (C=N–C) groups is 1. The van der Waals surface area contributed by atoms with Crippen molar-refractivity contribution >= 4 is 17.5 Å². The fourth-order valence-electron chi connectivity index (χ4n) is 2.61. The summed E-state index contributed by atoms with van der Waals surface area (Å²) in [7, 11) is 3.28. The second kappa shape index (κ2) is 8.71. The van der Waals surface area contributed by atoms with Crippen LogP contribution in [-0.4, -0.2) is 25.2 Å². The molecule has 3 rings (SSSR count). The Morgan fingerprint density at radius 1 is 0.963 bits per heavy atom. The Morgan fingerprint density at radius 3 is 2.37 bits per heavy atom. The first kappa shape index (κ1) is 18.3. The van der Waals surface area contributed by atoms with E-state index in [1.165, 1.54) is 0 Å². The van der Waals surface area contributed by atoms with Crippen LogP contribution in [0, 0.1) is 0 Å². The van der Waals surface area contributed by atoms with Crippen LogP contribution in [0.5, 0.6) is 11.5 Å². The molecule has 0 radical (unpaired) electrons. The molecule has 0 saturated carbocycles. The van der Waals surface area contributed by atoms with Crippen LogP contribution in [0.1, 0.15) is 11.3 Å². The number of guanidine groups is 1. The minimum absolute atomic E-state index is 0.272. The molecule has 0 atom stereocenters. The predicted octanol–water partition coefficient (Wildman–Crippen LogP) is 3.75. The molecule has 138 valence electrons. The van der Waals surface area contributed by atoms with E-state index in [0.717, 1.165) is 28.4 Å². The summed E-state index contributed by atoms with van der Waals surface area (Å²) in [6.07, 6.45) is 0.623. The van der Waals surface area contributed by atoms with Crippen molar-refractivity contribution in [1.29, 1.82) is 0 Å². The number of hydrogen-bond acceptors (Lipinski definition) is 4. The maximum absolute atomic E-state index is 6.00. The average molecular weight is 362 g/mol. The van der Waals surface area contributed by atoms with Gasteiger partial charge in [0.2, 0.25) is 0 Å². The largest absolute Gasteiger partial charge is 0.497 e. The van der Waals surface area contributed by atoms with Crippen LogP contribution in [0.15, 0.2) is 71.7 Å². The summed E-state index contributed by atoms with van der Waals surface area (Å²) in [5.41, 5.74) is 8.68. The molecule has 2 aromatic carbocycles. The fraction of sp³-hybridized carbons (Fsp3) is 0.143. The minimum atomic E-state index is 0.272. The zero-order valence-electron chi connectivity index (χ0n) is 15.3. The Hall–Kier alpha value is -3.54. The van der Waals surface area contributed by atoms with Gasteiger partial charge in [-0.15, -0.1) is 0 Å². The van der Waals surface area contributed by atoms with Crippen LogP contribution < -0.4 is 20.5 Å². The van der Waals surface area contributed by atoms with E-state index < -0.39 is 0 Å². The standard InChI is InChI=1S/C21H22N4O2/c1-26-17-10-8-15(9-11-17)14-18-19(27-2)12-13-20(24-18)25-21(22)23-16-6-4-3-5-7-16/h3-13H,14H2,1-2H3,(H3,22,23,24,25). The van der Waals surface area contributed by atoms with Gasteiger partial charge in [-0.1, -0.05) is 30.3 Å². The highest BCUT2D eigenvalue weighted by atomic mass is 16.5. The number of ether oxygens (including phenoxy) is 2. The van der Waals surface area contributed by atoms with Crippen molar-refractivity contribution in [2.75, 3.05) is 19.5 Å². The van der Waals surface area contributed by atoms with E-state index >= 15 is 0 Å². The van der Waals surface area contributed by atoms with Crippen LogP contribution in [0.2, 0.25) is 0 Å². The summed E-state index contributed by atoms with van der Waals surface area (Å²) < 4.78 is 10.6. The van der Waals surface area contributed by atoms with Gasteiger partial charge in [-0.05, 0) is 42.0 Å². The number of rotatable bonds is 6. The van der Waals surface area contributed by atoms with Crippen LogP contribution in [-0.2, 0) is 6.42 Å². The second-order valence-corrected chi connectivity index (χ2v) is 5.83. The molecular weight excluding hydrogens is 340 g/mol. The van der Waals surface area contributed by atoms with Gasteiger partial charge in [0, 0.05) is 6.42 Å². The van der Waals surface area contributed by atoms with Crippen LogP contribution >= 0.6 is 0 Å². The third-order valence-corrected chi connectivity index (χ3v) is 3.94. The molecule has 6 nitrogen and oxygen atoms in total. The molecule has 0 saturated heterocycles. The van der Waals surface area contributed by atoms with Gasteiger partial charge in [0.1, 0.15) is 17.3 Å². The highest BCUT2D eigenvalue weighted by molar-refractivity contribution is 5.93. The monoisotopic (exact) mass is 362 g/mol. The number of nitrogens with one attached hydrogen (secondary N) is 1. The maximum atomic E-state index is 6.00. The number of para-hydroxylation sites is 1. The molecule has 3 N–H and O–H groups in total. The molecule has 0 aliphatic rings. The third kappa shape index (κ3) is 4.98. The van der Waals surface area contributed by atoms with Gasteiger partial charge < -0.3 is 20.5 Å². The van der Waals surface area contributed by atoms with E-state index in [-0.39, 0.29) is 5.96 Å². The van der Waals surface area contributed by atoms with E-state index in [4.69, 9.17) is 15.2 Å². The van der Waals surface area contributed by atoms with Crippen LogP contribution in [0.3, 0.4) is 0 Å². The molecule has 0 bridgehead atoms. The number of hydrogen-bond donors (Lipinski definition) is 2. The molecule has 0 amide bonds. The van der Waals surface area contributed by atoms with E-state index in [1.807, 2.05) is 66.7 Å². The Morgan fingerprint density at radius 2 is 1.70 bits per heavy atom. The van der Waals surface area contributed by atoms with Crippen LogP contribution in [0.25, 0.3) is 0 Å². The Balaban J connectivity index is 1.79. The molecule has 1 aromatic heterocycles. The minimum Gasteiger partial charge on any atom is -0.497 e. The lowest BCUT2D eigenvalue weighted by Gasteiger charge is -2.11. The molecule has 6 heteroatoms. The normalized spacial score (nSPS) is 11.1. The number of benzene rings is 2. The molecular formula is C21H22N4O2. The molecule has 0 aliphatic carbocycles. The molecule has 0 aliphatic heterocycles. The number of methoxy groups -OCH3 is 2. The molecule has 3 aromatic rings. The topological polar surface area (TPSA) is 81.8 Å². The van der Waals surface area contributed by atoms with Gasteiger partial charge in [0.25, 0.3) is 0 Å². The lowest BCUT2D eigenvalue weighted by molar-refractivity contribution is 0.408. The predicted molar refractivity (Wildman–Crippen MR) is 108 cm³/mol. The first-order valence-electron chi connectivity index (χ1n) is 8.51. The van der Waals surface area contributed by atoms with Gasteiger partial charge >= 0.3 is 0 Å². The zero-order valence-corrected chi connectivity index (χ0v) is 15.3. The van der Waals surface area contributed by atoms with Crippen molar-refractivity contribution in [3.8, 4) is 11.5 Å². The highest BCUT2D eigenvalue weighted by Crippen LogP contribution is 2.23. The molecule has 0 spiro atoms. The smallest absolute Gasteiger partial charge is 0.199 e. The first-order valence-corrected chi connectivity index (χ1v) is 8.51. The zero-order chi connectivity index (χ0) is 19.1. The number of nitrogens with zero attached hydrogens (tertiary/aromatic N) is 2. The summed E-state index contributed by atoms with van der Waals surface area (Å²) >= 11 is 0. The third-order valence-electron chi connectivity index (χ3n) is 3.94. The van der Waals surface area contributed by atoms with Crippen molar-refractivity contribution in [1.82, 2.24) is 4.98 Å². The highest BCUT2D eigenvalue weighted by Gasteiger charge is 2.09. The second-order valence-electron chi connectivity index (χ2n) is 5.83. The van der Waals surface area contributed by atoms with E-state index in [9.17, 15) is 0 Å². The Bertz CT molecular complexity index is 909. The number of aromatic nitrogens is 1. The fourth-order valence-corrected chi connectivity index (χ4v) is 2.61. The van der Waals surface area contributed by atoms with Gasteiger partial charge in [-0.3, -0.25) is 0 Å². The van der Waals surface area contributed by atoms with Gasteiger partial charge in [-0.25, -0.2) is 9.98 Å². The van der Waals surface area contributed by atoms with Crippen LogP contribution in [0.4, 0.5) is 11.5 Å². The van der Waals surface area contributed by atoms with E-state index in [0.29, 0.717) is 12.2 Å². The van der Waals surface area contributed by atoms with E-state index in [2.05, 4.69) is 15.3 Å². The van der Waals surface area contributed by atoms with Crippen molar-refractivity contribution in [3.05, 3.63) is 78.0 Å². The van der Waals surface area contributed by atoms with Crippen molar-refractivity contribution in [2.45, 2.75) is 6.42 Å². The number of nitrogens with two attached hydrogens (primary N) is 1. The Labute approximate surface area is 158 Å². The summed E-state index contributed by atoms with van der Waals surface area (Å²) in [5.74, 6) is 2.42. The molecule has 1 heterocycles. The lowest BCUT2D eigenvalue weighted by Crippen LogP contribution is -2.22. The Kier molecular flexibility index (Phi) is 5.89. The van der Waals surface area contributed by atoms with E-state index in [1.54, 1.807) is 14.2 Å². The average Bonchev–Trinajstić information content (AvgIpc) is 2.69. The maximum Gasteiger partial charge on any atom is 0.199 e. The van der Waals surface area contributed by atoms with Gasteiger partial charge in [-0.2, -0.15) is 0 Å². The molecule has 0 fully saturated rings. The lowest BCUT2D eigenvalue weighted by atomic mass is 10.1. The molecule has 27 heavy (non-hydrogen) atoms. The van der Waals surface area contributed by atoms with Crippen molar-refractivity contribution in [3.63, 3.8) is 0 Å². The van der Waals surface area contributed by atoms with Crippen molar-refractivity contribution in [2.24, 2.45) is 10.7 Å². The SMILES string of the molecule is COc1ccc(Cc2nc(NC(N)=Nc3ccccc3)ccc2OC)cc1. The summed E-state index contributed by atoms with van der Waals surface area (Å²) in [5, 5.41) is 3.03. The quantitative estimate of drug-likeness (QED) is 0.515. The van der Waals surface area contributed by atoms with Crippen molar-refractivity contribution < 1.29 is 9.47 Å². The van der Waals surface area contributed by atoms with Gasteiger partial charge in [0.05, 0.1) is 25.6 Å². The molecule has 0 unspecified atom stereocenters. The number of pyridine rings is 1. The number of anilines is 1.